The SMILES string of the molecule is CCNC(=NCc1ccc(CC)s1)NCCCC(=O)N1CCc2ccccc2C1. The molecule has 1 aromatic heterocycles. The fourth-order valence-electron chi connectivity index (χ4n) is 3.51. The van der Waals surface area contributed by atoms with Gasteiger partial charge in [-0.2, -0.15) is 0 Å². The van der Waals surface area contributed by atoms with Crippen LogP contribution >= 0.6 is 11.3 Å². The Kier molecular flexibility index (Phi) is 8.11. The third-order valence-corrected chi connectivity index (χ3v) is 6.36. The molecule has 5 nitrogen and oxygen atoms in total. The summed E-state index contributed by atoms with van der Waals surface area (Å²) in [5, 5.41) is 6.64. The highest BCUT2D eigenvalue weighted by Crippen LogP contribution is 2.19. The fraction of sp³-hybridized carbons (Fsp3) is 0.478. The molecule has 29 heavy (non-hydrogen) atoms. The van der Waals surface area contributed by atoms with Crippen LogP contribution in [0.3, 0.4) is 0 Å². The van der Waals surface area contributed by atoms with Crippen LogP contribution in [0.4, 0.5) is 0 Å². The average molecular weight is 413 g/mol. The number of aryl methyl sites for hydroxylation is 1. The van der Waals surface area contributed by atoms with Gasteiger partial charge in [0.1, 0.15) is 0 Å². The third-order valence-electron chi connectivity index (χ3n) is 5.15. The minimum atomic E-state index is 0.244. The van der Waals surface area contributed by atoms with E-state index in [1.165, 1.54) is 20.9 Å². The van der Waals surface area contributed by atoms with Crippen LogP contribution in [0.5, 0.6) is 0 Å². The summed E-state index contributed by atoms with van der Waals surface area (Å²) in [6, 6.07) is 12.8. The molecule has 0 atom stereocenters. The lowest BCUT2D eigenvalue weighted by atomic mass is 9.99. The average Bonchev–Trinajstić information content (AvgIpc) is 3.22. The molecule has 0 aliphatic carbocycles. The number of rotatable bonds is 8. The molecule has 156 valence electrons. The molecule has 1 aliphatic heterocycles. The van der Waals surface area contributed by atoms with Gasteiger partial charge in [0.05, 0.1) is 6.54 Å². The first-order valence-electron chi connectivity index (χ1n) is 10.6. The summed E-state index contributed by atoms with van der Waals surface area (Å²) >= 11 is 1.82. The van der Waals surface area contributed by atoms with E-state index in [2.05, 4.69) is 65.9 Å². The summed E-state index contributed by atoms with van der Waals surface area (Å²) in [7, 11) is 0. The first kappa shape index (κ1) is 21.4. The molecule has 6 heteroatoms. The summed E-state index contributed by atoms with van der Waals surface area (Å²) < 4.78 is 0. The molecule has 0 bridgehead atoms. The number of hydrogen-bond acceptors (Lipinski definition) is 3. The minimum absolute atomic E-state index is 0.244. The van der Waals surface area contributed by atoms with Crippen molar-refractivity contribution < 1.29 is 4.79 Å². The van der Waals surface area contributed by atoms with Crippen LogP contribution < -0.4 is 10.6 Å². The van der Waals surface area contributed by atoms with E-state index in [0.717, 1.165) is 51.4 Å². The van der Waals surface area contributed by atoms with Crippen LogP contribution in [0.1, 0.15) is 47.6 Å². The number of aliphatic imine (C=N–C) groups is 1. The normalized spacial score (nSPS) is 13.9. The minimum Gasteiger partial charge on any atom is -0.357 e. The van der Waals surface area contributed by atoms with E-state index in [4.69, 9.17) is 0 Å². The second-order valence-corrected chi connectivity index (χ2v) is 8.53. The Morgan fingerprint density at radius 2 is 1.90 bits per heavy atom. The van der Waals surface area contributed by atoms with Gasteiger partial charge in [0.15, 0.2) is 5.96 Å². The van der Waals surface area contributed by atoms with Crippen molar-refractivity contribution in [2.24, 2.45) is 4.99 Å². The van der Waals surface area contributed by atoms with Gasteiger partial charge in [0.25, 0.3) is 0 Å². The van der Waals surface area contributed by atoms with Gasteiger partial charge >= 0.3 is 0 Å². The van der Waals surface area contributed by atoms with Crippen LogP contribution in [-0.2, 0) is 30.7 Å². The smallest absolute Gasteiger partial charge is 0.222 e. The van der Waals surface area contributed by atoms with Gasteiger partial charge < -0.3 is 15.5 Å². The zero-order chi connectivity index (χ0) is 20.5. The first-order chi connectivity index (χ1) is 14.2. The second kappa shape index (κ2) is 11.0. The van der Waals surface area contributed by atoms with Crippen molar-refractivity contribution in [3.05, 3.63) is 57.3 Å². The highest BCUT2D eigenvalue weighted by atomic mass is 32.1. The number of thiophene rings is 1. The summed E-state index contributed by atoms with van der Waals surface area (Å²) in [5.74, 6) is 1.06. The molecule has 0 saturated heterocycles. The van der Waals surface area contributed by atoms with E-state index in [9.17, 15) is 4.79 Å². The van der Waals surface area contributed by atoms with Gasteiger partial charge in [-0.3, -0.25) is 4.79 Å². The largest absolute Gasteiger partial charge is 0.357 e. The van der Waals surface area contributed by atoms with E-state index >= 15 is 0 Å². The van der Waals surface area contributed by atoms with Crippen molar-refractivity contribution in [1.82, 2.24) is 15.5 Å². The number of benzene rings is 1. The van der Waals surface area contributed by atoms with Gasteiger partial charge in [-0.1, -0.05) is 31.2 Å². The lowest BCUT2D eigenvalue weighted by Crippen LogP contribution is -2.39. The van der Waals surface area contributed by atoms with E-state index in [0.29, 0.717) is 13.0 Å². The number of carbonyl (C=O) groups excluding carboxylic acids is 1. The van der Waals surface area contributed by atoms with Crippen LogP contribution in [-0.4, -0.2) is 36.4 Å². The molecule has 2 N–H and O–H groups in total. The number of amides is 1. The highest BCUT2D eigenvalue weighted by Gasteiger charge is 2.19. The lowest BCUT2D eigenvalue weighted by Gasteiger charge is -2.29. The summed E-state index contributed by atoms with van der Waals surface area (Å²) in [4.78, 5) is 21.9. The Morgan fingerprint density at radius 1 is 1.10 bits per heavy atom. The zero-order valence-corrected chi connectivity index (χ0v) is 18.4. The Bertz CT molecular complexity index is 830. The van der Waals surface area contributed by atoms with E-state index in [-0.39, 0.29) is 5.91 Å². The van der Waals surface area contributed by atoms with Gasteiger partial charge in [-0.15, -0.1) is 11.3 Å². The number of carbonyl (C=O) groups is 1. The van der Waals surface area contributed by atoms with Crippen LogP contribution in [0, 0.1) is 0 Å². The maximum Gasteiger partial charge on any atom is 0.222 e. The Morgan fingerprint density at radius 3 is 2.66 bits per heavy atom. The number of nitrogens with zero attached hydrogens (tertiary/aromatic N) is 2. The van der Waals surface area contributed by atoms with E-state index < -0.39 is 0 Å². The molecule has 3 rings (SSSR count). The van der Waals surface area contributed by atoms with E-state index in [1.807, 2.05) is 16.2 Å². The quantitative estimate of drug-likeness (QED) is 0.395. The standard InChI is InChI=1S/C23H32N4OS/c1-3-20-11-12-21(29-20)16-26-23(24-4-2)25-14-7-10-22(28)27-15-13-18-8-5-6-9-19(18)17-27/h5-6,8-9,11-12H,3-4,7,10,13-17H2,1-2H3,(H2,24,25,26). The molecule has 0 radical (unpaired) electrons. The van der Waals surface area contributed by atoms with Crippen LogP contribution in [0.2, 0.25) is 0 Å². The molecule has 0 spiro atoms. The molecule has 2 aromatic rings. The molecule has 1 aliphatic rings. The van der Waals surface area contributed by atoms with Gasteiger partial charge in [-0.25, -0.2) is 4.99 Å². The fourth-order valence-corrected chi connectivity index (χ4v) is 4.39. The highest BCUT2D eigenvalue weighted by molar-refractivity contribution is 7.11. The monoisotopic (exact) mass is 412 g/mol. The first-order valence-corrected chi connectivity index (χ1v) is 11.5. The Labute approximate surface area is 178 Å². The molecule has 1 aromatic carbocycles. The molecule has 0 fully saturated rings. The van der Waals surface area contributed by atoms with Crippen LogP contribution in [0.15, 0.2) is 41.4 Å². The molecule has 1 amide bonds. The van der Waals surface area contributed by atoms with Gasteiger partial charge in [0, 0.05) is 42.4 Å². The molecule has 2 heterocycles. The Balaban J connectivity index is 1.41. The number of guanidine groups is 1. The number of fused-ring (bicyclic) bond motifs is 1. The molecule has 0 unspecified atom stereocenters. The zero-order valence-electron chi connectivity index (χ0n) is 17.5. The van der Waals surface area contributed by atoms with Crippen molar-refractivity contribution in [3.8, 4) is 0 Å². The third kappa shape index (κ3) is 6.32. The lowest BCUT2D eigenvalue weighted by molar-refractivity contribution is -0.132. The Hall–Kier alpha value is -2.34. The summed E-state index contributed by atoms with van der Waals surface area (Å²) in [6.45, 7) is 8.06. The molecular formula is C23H32N4OS. The summed E-state index contributed by atoms with van der Waals surface area (Å²) in [6.07, 6.45) is 3.41. The molecule has 0 saturated carbocycles. The maximum atomic E-state index is 12.6. The van der Waals surface area contributed by atoms with Crippen molar-refractivity contribution >= 4 is 23.2 Å². The van der Waals surface area contributed by atoms with Gasteiger partial charge in [0.2, 0.25) is 5.91 Å². The van der Waals surface area contributed by atoms with E-state index in [1.54, 1.807) is 0 Å². The van der Waals surface area contributed by atoms with Crippen molar-refractivity contribution in [2.45, 2.75) is 52.6 Å². The number of nitrogens with one attached hydrogen (secondary N) is 2. The topological polar surface area (TPSA) is 56.7 Å². The van der Waals surface area contributed by atoms with Crippen molar-refractivity contribution in [2.75, 3.05) is 19.6 Å². The van der Waals surface area contributed by atoms with Crippen LogP contribution in [0.25, 0.3) is 0 Å². The predicted octanol–water partition coefficient (Wildman–Crippen LogP) is 3.73. The maximum absolute atomic E-state index is 12.6. The summed E-state index contributed by atoms with van der Waals surface area (Å²) in [5.41, 5.74) is 2.66. The van der Waals surface area contributed by atoms with Crippen molar-refractivity contribution in [1.29, 1.82) is 0 Å². The van der Waals surface area contributed by atoms with Crippen molar-refractivity contribution in [3.63, 3.8) is 0 Å². The second-order valence-electron chi connectivity index (χ2n) is 7.28. The number of hydrogen-bond donors (Lipinski definition) is 2. The van der Waals surface area contributed by atoms with Gasteiger partial charge in [-0.05, 0) is 49.4 Å². The molecular weight excluding hydrogens is 380 g/mol. The predicted molar refractivity (Wildman–Crippen MR) is 121 cm³/mol.